The van der Waals surface area contributed by atoms with Crippen LogP contribution in [0.5, 0.6) is 11.5 Å². The molecule has 3 aromatic rings. The van der Waals surface area contributed by atoms with Gasteiger partial charge in [0.1, 0.15) is 0 Å². The van der Waals surface area contributed by atoms with Gasteiger partial charge in [0.25, 0.3) is 5.91 Å². The first-order chi connectivity index (χ1) is 13.8. The van der Waals surface area contributed by atoms with Crippen LogP contribution in [0, 0.1) is 13.8 Å². The van der Waals surface area contributed by atoms with E-state index in [4.69, 9.17) is 14.5 Å². The first-order valence-corrected chi connectivity index (χ1v) is 10.2. The van der Waals surface area contributed by atoms with Crippen LogP contribution in [0.1, 0.15) is 21.5 Å². The second kappa shape index (κ2) is 10.1. The van der Waals surface area contributed by atoms with Crippen LogP contribution in [0.15, 0.2) is 30.3 Å². The molecule has 6 nitrogen and oxygen atoms in total. The summed E-state index contributed by atoms with van der Waals surface area (Å²) >= 11 is 1.54. The van der Waals surface area contributed by atoms with E-state index in [9.17, 15) is 4.79 Å². The number of amides is 1. The fourth-order valence-corrected chi connectivity index (χ4v) is 4.06. The zero-order valence-electron chi connectivity index (χ0n) is 18.2. The summed E-state index contributed by atoms with van der Waals surface area (Å²) in [5.74, 6) is 1.01. The largest absolute Gasteiger partial charge is 0.493 e. The van der Waals surface area contributed by atoms with Crippen LogP contribution in [0.4, 0.5) is 5.13 Å². The topological polar surface area (TPSA) is 54.9 Å². The number of nitrogens with zero attached hydrogens (tertiary/aromatic N) is 3. The predicted molar refractivity (Wildman–Crippen MR) is 126 cm³/mol. The zero-order chi connectivity index (χ0) is 21.1. The highest BCUT2D eigenvalue weighted by Crippen LogP contribution is 2.33. The average Bonchev–Trinajstić information content (AvgIpc) is 3.09. The van der Waals surface area contributed by atoms with Gasteiger partial charge in [-0.2, -0.15) is 0 Å². The van der Waals surface area contributed by atoms with E-state index in [1.165, 1.54) is 11.1 Å². The number of hydrogen-bond donors (Lipinski definition) is 0. The first kappa shape index (κ1) is 23.9. The van der Waals surface area contributed by atoms with Crippen molar-refractivity contribution < 1.29 is 14.3 Å². The Morgan fingerprint density at radius 2 is 1.67 bits per heavy atom. The predicted octanol–water partition coefficient (Wildman–Crippen LogP) is 4.56. The number of ether oxygens (including phenoxy) is 2. The number of halogens is 1. The van der Waals surface area contributed by atoms with Crippen LogP contribution in [0.25, 0.3) is 10.2 Å². The van der Waals surface area contributed by atoms with Gasteiger partial charge in [-0.05, 0) is 69.4 Å². The van der Waals surface area contributed by atoms with E-state index in [0.717, 1.165) is 16.8 Å². The number of thiazole rings is 1. The van der Waals surface area contributed by atoms with Crippen LogP contribution < -0.4 is 14.4 Å². The van der Waals surface area contributed by atoms with Crippen molar-refractivity contribution in [3.63, 3.8) is 0 Å². The molecular formula is C22H28ClN3O3S. The third kappa shape index (κ3) is 5.03. The van der Waals surface area contributed by atoms with Crippen molar-refractivity contribution in [2.24, 2.45) is 0 Å². The number of carbonyl (C=O) groups excluding carboxylic acids is 1. The minimum atomic E-state index is -0.111. The minimum Gasteiger partial charge on any atom is -0.493 e. The second-order valence-electron chi connectivity index (χ2n) is 7.23. The number of benzene rings is 2. The van der Waals surface area contributed by atoms with E-state index >= 15 is 0 Å². The molecule has 162 valence electrons. The molecule has 3 rings (SSSR count). The van der Waals surface area contributed by atoms with Crippen molar-refractivity contribution >= 4 is 45.0 Å². The molecule has 0 fully saturated rings. The Morgan fingerprint density at radius 1 is 1.00 bits per heavy atom. The number of hydrogen-bond acceptors (Lipinski definition) is 6. The maximum absolute atomic E-state index is 13.4. The minimum absolute atomic E-state index is 0. The second-order valence-corrected chi connectivity index (χ2v) is 8.24. The van der Waals surface area contributed by atoms with E-state index in [2.05, 4.69) is 30.9 Å². The first-order valence-electron chi connectivity index (χ1n) is 9.40. The molecule has 8 heteroatoms. The highest BCUT2D eigenvalue weighted by atomic mass is 35.5. The van der Waals surface area contributed by atoms with Crippen molar-refractivity contribution in [3.8, 4) is 11.5 Å². The number of anilines is 1. The molecule has 0 saturated carbocycles. The molecule has 0 bridgehead atoms. The summed E-state index contributed by atoms with van der Waals surface area (Å²) in [5.41, 5.74) is 3.87. The van der Waals surface area contributed by atoms with Gasteiger partial charge in [0.2, 0.25) is 0 Å². The normalized spacial score (nSPS) is 10.8. The Morgan fingerprint density at radius 3 is 2.30 bits per heavy atom. The highest BCUT2D eigenvalue weighted by molar-refractivity contribution is 7.22. The number of carbonyl (C=O) groups is 1. The van der Waals surface area contributed by atoms with Crippen molar-refractivity contribution in [2.45, 2.75) is 13.8 Å². The van der Waals surface area contributed by atoms with E-state index in [0.29, 0.717) is 28.7 Å². The third-order valence-corrected chi connectivity index (χ3v) is 5.91. The maximum atomic E-state index is 13.4. The molecule has 0 aliphatic heterocycles. The van der Waals surface area contributed by atoms with Crippen LogP contribution in [-0.4, -0.2) is 57.2 Å². The molecule has 0 atom stereocenters. The molecule has 1 amide bonds. The Bertz CT molecular complexity index is 997. The zero-order valence-corrected chi connectivity index (χ0v) is 19.8. The van der Waals surface area contributed by atoms with Gasteiger partial charge >= 0.3 is 0 Å². The Labute approximate surface area is 187 Å². The van der Waals surface area contributed by atoms with E-state index in [1.807, 2.05) is 14.1 Å². The maximum Gasteiger partial charge on any atom is 0.260 e. The van der Waals surface area contributed by atoms with Crippen LogP contribution >= 0.6 is 23.7 Å². The molecule has 30 heavy (non-hydrogen) atoms. The number of rotatable bonds is 7. The Hall–Kier alpha value is -2.35. The highest BCUT2D eigenvalue weighted by Gasteiger charge is 2.23. The summed E-state index contributed by atoms with van der Waals surface area (Å²) in [5, 5.41) is 0.701. The van der Waals surface area contributed by atoms with Crippen LogP contribution in [0.3, 0.4) is 0 Å². The van der Waals surface area contributed by atoms with E-state index in [-0.39, 0.29) is 18.3 Å². The lowest BCUT2D eigenvalue weighted by Crippen LogP contribution is -2.36. The van der Waals surface area contributed by atoms with Gasteiger partial charge in [-0.3, -0.25) is 9.69 Å². The molecule has 2 aromatic carbocycles. The molecule has 0 aliphatic rings. The molecule has 1 heterocycles. The summed E-state index contributed by atoms with van der Waals surface area (Å²) in [6.45, 7) is 5.43. The number of likely N-dealkylation sites (N-methyl/N-ethyl adjacent to an activating group) is 1. The lowest BCUT2D eigenvalue weighted by Gasteiger charge is -2.22. The summed E-state index contributed by atoms with van der Waals surface area (Å²) < 4.78 is 11.7. The summed E-state index contributed by atoms with van der Waals surface area (Å²) in [6, 6.07) is 9.44. The quantitative estimate of drug-likeness (QED) is 0.529. The summed E-state index contributed by atoms with van der Waals surface area (Å²) in [4.78, 5) is 22.0. The molecule has 0 radical (unpaired) electrons. The molecule has 0 unspecified atom stereocenters. The lowest BCUT2D eigenvalue weighted by atomic mass is 10.1. The molecule has 0 N–H and O–H groups in total. The lowest BCUT2D eigenvalue weighted by molar-refractivity contribution is 0.0985. The Balaban J connectivity index is 0.00000320. The van der Waals surface area contributed by atoms with Crippen LogP contribution in [0.2, 0.25) is 0 Å². The summed E-state index contributed by atoms with van der Waals surface area (Å²) in [6.07, 6.45) is 0. The van der Waals surface area contributed by atoms with Gasteiger partial charge < -0.3 is 14.4 Å². The number of aryl methyl sites for hydroxylation is 2. The van der Waals surface area contributed by atoms with Crippen molar-refractivity contribution in [3.05, 3.63) is 47.0 Å². The standard InChI is InChI=1S/C22H27N3O3S.ClH/c1-14-11-17-20(12-15(14)2)29-22(23-17)25(10-9-24(3)4)21(26)16-7-8-18(27-5)19(13-16)28-6;/h7-8,11-13H,9-10H2,1-6H3;1H. The Kier molecular flexibility index (Phi) is 8.06. The van der Waals surface area contributed by atoms with E-state index in [1.54, 1.807) is 48.7 Å². The number of aromatic nitrogens is 1. The van der Waals surface area contributed by atoms with Gasteiger partial charge in [-0.15, -0.1) is 12.4 Å². The molecule has 0 saturated heterocycles. The van der Waals surface area contributed by atoms with Gasteiger partial charge in [-0.25, -0.2) is 4.98 Å². The summed E-state index contributed by atoms with van der Waals surface area (Å²) in [7, 11) is 7.12. The molecular weight excluding hydrogens is 422 g/mol. The van der Waals surface area contributed by atoms with Gasteiger partial charge in [0, 0.05) is 18.7 Å². The number of methoxy groups -OCH3 is 2. The monoisotopic (exact) mass is 449 g/mol. The van der Waals surface area contributed by atoms with Crippen LogP contribution in [-0.2, 0) is 0 Å². The molecule has 0 spiro atoms. The molecule has 0 aliphatic carbocycles. The smallest absolute Gasteiger partial charge is 0.260 e. The van der Waals surface area contributed by atoms with Crippen molar-refractivity contribution in [2.75, 3.05) is 46.3 Å². The fraction of sp³-hybridized carbons (Fsp3) is 0.364. The third-order valence-electron chi connectivity index (χ3n) is 4.87. The average molecular weight is 450 g/mol. The van der Waals surface area contributed by atoms with Gasteiger partial charge in [0.05, 0.1) is 24.4 Å². The van der Waals surface area contributed by atoms with Gasteiger partial charge in [0.15, 0.2) is 16.6 Å². The van der Waals surface area contributed by atoms with E-state index < -0.39 is 0 Å². The number of fused-ring (bicyclic) bond motifs is 1. The van der Waals surface area contributed by atoms with Crippen molar-refractivity contribution in [1.82, 2.24) is 9.88 Å². The van der Waals surface area contributed by atoms with Crippen molar-refractivity contribution in [1.29, 1.82) is 0 Å². The van der Waals surface area contributed by atoms with Gasteiger partial charge in [-0.1, -0.05) is 11.3 Å². The molecule has 1 aromatic heterocycles. The SMILES string of the molecule is COc1ccc(C(=O)N(CCN(C)C)c2nc3cc(C)c(C)cc3s2)cc1OC.Cl. The fourth-order valence-electron chi connectivity index (χ4n) is 2.99.